The number of imidazole rings is 1. The molecule has 0 saturated heterocycles. The van der Waals surface area contributed by atoms with E-state index >= 15 is 0 Å². The van der Waals surface area contributed by atoms with E-state index in [2.05, 4.69) is 27.6 Å². The summed E-state index contributed by atoms with van der Waals surface area (Å²) in [7, 11) is -1.54. The topological polar surface area (TPSA) is 74.0 Å². The van der Waals surface area contributed by atoms with Crippen molar-refractivity contribution in [3.63, 3.8) is 0 Å². The van der Waals surface area contributed by atoms with Crippen molar-refractivity contribution >= 4 is 54.4 Å². The second-order valence-corrected chi connectivity index (χ2v) is 10.5. The standard InChI is InChI=1S/C20H16IN3O3S/c1-23-18-11-22-17-9-2-12(21)10-16(17)19(18)24(20(23)25)13-3-5-14(6-4-13)28(26,27)15-7-8-15/h2-6,9-11,15H,7-8H2,1H3. The van der Waals surface area contributed by atoms with Gasteiger partial charge in [0.25, 0.3) is 0 Å². The molecule has 0 bridgehead atoms. The second-order valence-electron chi connectivity index (χ2n) is 7.07. The Morgan fingerprint density at radius 3 is 2.50 bits per heavy atom. The molecule has 2 heterocycles. The lowest BCUT2D eigenvalue weighted by atomic mass is 10.2. The lowest BCUT2D eigenvalue weighted by Gasteiger charge is -2.08. The Bertz CT molecular complexity index is 1420. The van der Waals surface area contributed by atoms with Gasteiger partial charge in [0.15, 0.2) is 9.84 Å². The summed E-state index contributed by atoms with van der Waals surface area (Å²) in [6.07, 6.45) is 3.16. The number of benzene rings is 2. The van der Waals surface area contributed by atoms with E-state index in [9.17, 15) is 13.2 Å². The zero-order valence-electron chi connectivity index (χ0n) is 15.0. The van der Waals surface area contributed by atoms with Gasteiger partial charge in [-0.25, -0.2) is 13.2 Å². The molecule has 2 aromatic carbocycles. The minimum absolute atomic E-state index is 0.194. The van der Waals surface area contributed by atoms with Crippen molar-refractivity contribution in [1.29, 1.82) is 0 Å². The van der Waals surface area contributed by atoms with Crippen LogP contribution in [-0.4, -0.2) is 27.8 Å². The number of hydrogen-bond acceptors (Lipinski definition) is 4. The molecule has 0 amide bonds. The predicted molar refractivity (Wildman–Crippen MR) is 117 cm³/mol. The maximum Gasteiger partial charge on any atom is 0.333 e. The average molecular weight is 505 g/mol. The molecule has 1 saturated carbocycles. The highest BCUT2D eigenvalue weighted by atomic mass is 127. The van der Waals surface area contributed by atoms with Gasteiger partial charge < -0.3 is 0 Å². The maximum atomic E-state index is 13.0. The average Bonchev–Trinajstić information content (AvgIpc) is 3.51. The second kappa shape index (κ2) is 6.15. The molecule has 28 heavy (non-hydrogen) atoms. The number of halogens is 1. The van der Waals surface area contributed by atoms with Gasteiger partial charge in [0.2, 0.25) is 0 Å². The van der Waals surface area contributed by atoms with Crippen LogP contribution in [-0.2, 0) is 16.9 Å². The van der Waals surface area contributed by atoms with Gasteiger partial charge in [-0.2, -0.15) is 0 Å². The van der Waals surface area contributed by atoms with Gasteiger partial charge in [-0.3, -0.25) is 14.1 Å². The van der Waals surface area contributed by atoms with Crippen LogP contribution < -0.4 is 5.69 Å². The van der Waals surface area contributed by atoms with E-state index in [4.69, 9.17) is 0 Å². The van der Waals surface area contributed by atoms with Gasteiger partial charge in [-0.1, -0.05) is 0 Å². The van der Waals surface area contributed by atoms with E-state index in [0.717, 1.165) is 38.3 Å². The first-order valence-corrected chi connectivity index (χ1v) is 11.5. The summed E-state index contributed by atoms with van der Waals surface area (Å²) in [5.74, 6) is 0. The van der Waals surface area contributed by atoms with Crippen molar-refractivity contribution in [2.24, 2.45) is 7.05 Å². The van der Waals surface area contributed by atoms with Gasteiger partial charge >= 0.3 is 5.69 Å². The molecule has 1 fully saturated rings. The van der Waals surface area contributed by atoms with Gasteiger partial charge in [-0.05, 0) is 77.9 Å². The van der Waals surface area contributed by atoms with Gasteiger partial charge in [0.05, 0.1) is 38.6 Å². The maximum absolute atomic E-state index is 13.0. The molecular formula is C20H16IN3O3S. The quantitative estimate of drug-likeness (QED) is 0.400. The summed E-state index contributed by atoms with van der Waals surface area (Å²) in [4.78, 5) is 17.8. The fraction of sp³-hybridized carbons (Fsp3) is 0.200. The van der Waals surface area contributed by atoms with Crippen LogP contribution in [0.25, 0.3) is 27.6 Å². The lowest BCUT2D eigenvalue weighted by Crippen LogP contribution is -2.21. The number of sulfone groups is 1. The minimum Gasteiger partial charge on any atom is -0.293 e. The number of pyridine rings is 1. The van der Waals surface area contributed by atoms with Crippen LogP contribution in [0.3, 0.4) is 0 Å². The predicted octanol–water partition coefficient (Wildman–Crippen LogP) is 3.42. The molecule has 0 radical (unpaired) electrons. The minimum atomic E-state index is -3.26. The van der Waals surface area contributed by atoms with E-state index in [0.29, 0.717) is 10.6 Å². The molecule has 142 valence electrons. The highest BCUT2D eigenvalue weighted by molar-refractivity contribution is 14.1. The Labute approximate surface area is 174 Å². The largest absolute Gasteiger partial charge is 0.333 e. The molecule has 0 aliphatic heterocycles. The van der Waals surface area contributed by atoms with Gasteiger partial charge in [-0.15, -0.1) is 0 Å². The molecule has 5 rings (SSSR count). The molecule has 0 N–H and O–H groups in total. The van der Waals surface area contributed by atoms with Crippen molar-refractivity contribution in [3.05, 3.63) is 62.7 Å². The lowest BCUT2D eigenvalue weighted by molar-refractivity contribution is 0.595. The van der Waals surface area contributed by atoms with Crippen molar-refractivity contribution in [2.45, 2.75) is 23.0 Å². The van der Waals surface area contributed by atoms with Gasteiger partial charge in [0, 0.05) is 16.0 Å². The van der Waals surface area contributed by atoms with Crippen LogP contribution in [0.2, 0.25) is 0 Å². The number of fused-ring (bicyclic) bond motifs is 3. The number of rotatable bonds is 3. The van der Waals surface area contributed by atoms with E-state index in [1.54, 1.807) is 46.6 Å². The molecule has 0 spiro atoms. The Balaban J connectivity index is 1.78. The van der Waals surface area contributed by atoms with Crippen LogP contribution in [0.5, 0.6) is 0 Å². The SMILES string of the molecule is Cn1c(=O)n(-c2ccc(S(=O)(=O)C3CC3)cc2)c2c3cc(I)ccc3ncc21. The summed E-state index contributed by atoms with van der Waals surface area (Å²) in [6, 6.07) is 12.5. The third-order valence-corrected chi connectivity index (χ3v) is 8.18. The molecule has 8 heteroatoms. The number of aromatic nitrogens is 3. The summed E-state index contributed by atoms with van der Waals surface area (Å²) in [5, 5.41) is 0.632. The number of hydrogen-bond donors (Lipinski definition) is 0. The molecule has 1 aliphatic rings. The van der Waals surface area contributed by atoms with Crippen LogP contribution in [0.1, 0.15) is 12.8 Å². The summed E-state index contributed by atoms with van der Waals surface area (Å²) < 4.78 is 29.2. The molecule has 0 atom stereocenters. The summed E-state index contributed by atoms with van der Waals surface area (Å²) >= 11 is 2.24. The molecule has 6 nitrogen and oxygen atoms in total. The Morgan fingerprint density at radius 1 is 1.11 bits per heavy atom. The third-order valence-electron chi connectivity index (χ3n) is 5.23. The molecule has 1 aliphatic carbocycles. The van der Waals surface area contributed by atoms with Crippen molar-refractivity contribution < 1.29 is 8.42 Å². The van der Waals surface area contributed by atoms with E-state index in [1.807, 2.05) is 18.2 Å². The molecular weight excluding hydrogens is 489 g/mol. The van der Waals surface area contributed by atoms with Crippen LogP contribution in [0.4, 0.5) is 0 Å². The van der Waals surface area contributed by atoms with Crippen molar-refractivity contribution in [3.8, 4) is 5.69 Å². The number of aryl methyl sites for hydroxylation is 1. The highest BCUT2D eigenvalue weighted by Gasteiger charge is 2.36. The molecule has 0 unspecified atom stereocenters. The zero-order valence-corrected chi connectivity index (χ0v) is 17.9. The smallest absolute Gasteiger partial charge is 0.293 e. The number of nitrogens with zero attached hydrogens (tertiary/aromatic N) is 3. The summed E-state index contributed by atoms with van der Waals surface area (Å²) in [6.45, 7) is 0. The Kier molecular flexibility index (Phi) is 3.92. The zero-order chi connectivity index (χ0) is 19.6. The Morgan fingerprint density at radius 2 is 1.82 bits per heavy atom. The van der Waals surface area contributed by atoms with E-state index in [-0.39, 0.29) is 10.9 Å². The van der Waals surface area contributed by atoms with Crippen molar-refractivity contribution in [1.82, 2.24) is 14.1 Å². The fourth-order valence-electron chi connectivity index (χ4n) is 3.56. The third kappa shape index (κ3) is 2.61. The first-order chi connectivity index (χ1) is 13.4. The Hall–Kier alpha value is -2.20. The highest BCUT2D eigenvalue weighted by Crippen LogP contribution is 2.34. The fourth-order valence-corrected chi connectivity index (χ4v) is 5.71. The van der Waals surface area contributed by atoms with E-state index < -0.39 is 9.84 Å². The normalized spacial score (nSPS) is 14.8. The first-order valence-electron chi connectivity index (χ1n) is 8.88. The van der Waals surface area contributed by atoms with Crippen LogP contribution >= 0.6 is 22.6 Å². The van der Waals surface area contributed by atoms with Crippen LogP contribution in [0, 0.1) is 3.57 Å². The molecule has 4 aromatic rings. The van der Waals surface area contributed by atoms with Crippen LogP contribution in [0.15, 0.2) is 58.4 Å². The van der Waals surface area contributed by atoms with E-state index in [1.165, 1.54) is 0 Å². The molecule has 2 aromatic heterocycles. The van der Waals surface area contributed by atoms with Gasteiger partial charge in [0.1, 0.15) is 0 Å². The van der Waals surface area contributed by atoms with Crippen molar-refractivity contribution in [2.75, 3.05) is 0 Å². The monoisotopic (exact) mass is 505 g/mol. The summed E-state index contributed by atoms with van der Waals surface area (Å²) in [5.41, 5.74) is 2.75. The first kappa shape index (κ1) is 17.9.